The molecule has 0 aromatic heterocycles. The molecule has 0 aliphatic rings. The fourth-order valence-electron chi connectivity index (χ4n) is 1.20. The Balaban J connectivity index is 2.40. The number of nitrogens with one attached hydrogen (secondary N) is 2. The van der Waals surface area contributed by atoms with E-state index in [1.807, 2.05) is 12.1 Å². The number of carboxylic acid groups (broad SMARTS) is 1. The number of halogens is 2. The number of benzene rings is 1. The second-order valence-corrected chi connectivity index (χ2v) is 5.58. The van der Waals surface area contributed by atoms with Gasteiger partial charge in [0.1, 0.15) is 0 Å². The summed E-state index contributed by atoms with van der Waals surface area (Å²) in [5.74, 6) is -0.862. The van der Waals surface area contributed by atoms with Crippen LogP contribution >= 0.6 is 38.5 Å². The number of rotatable bonds is 5. The van der Waals surface area contributed by atoms with Crippen molar-refractivity contribution < 1.29 is 14.7 Å². The van der Waals surface area contributed by atoms with Crippen LogP contribution in [0.1, 0.15) is 12.8 Å². The number of carbonyl (C=O) groups excluding carboxylic acids is 1. The molecule has 18 heavy (non-hydrogen) atoms. The highest BCUT2D eigenvalue weighted by Gasteiger charge is 2.05. The molecule has 0 radical (unpaired) electrons. The Kier molecular flexibility index (Phi) is 6.41. The summed E-state index contributed by atoms with van der Waals surface area (Å²) < 4.78 is 1.81. The van der Waals surface area contributed by atoms with E-state index in [1.54, 1.807) is 6.07 Å². The molecule has 98 valence electrons. The first-order valence-electron chi connectivity index (χ1n) is 5.20. The van der Waals surface area contributed by atoms with Crippen LogP contribution < -0.4 is 10.6 Å². The predicted molar refractivity (Wildman–Crippen MR) is 80.8 cm³/mol. The van der Waals surface area contributed by atoms with Crippen molar-refractivity contribution in [1.82, 2.24) is 5.32 Å². The van der Waals surface area contributed by atoms with Gasteiger partial charge in [-0.2, -0.15) is 0 Å². The van der Waals surface area contributed by atoms with E-state index in [1.165, 1.54) is 0 Å². The van der Waals surface area contributed by atoms with Crippen molar-refractivity contribution in [3.63, 3.8) is 0 Å². The Morgan fingerprint density at radius 1 is 1.39 bits per heavy atom. The average molecular weight is 427 g/mol. The van der Waals surface area contributed by atoms with Crippen LogP contribution in [0.4, 0.5) is 10.5 Å². The second kappa shape index (κ2) is 7.57. The summed E-state index contributed by atoms with van der Waals surface area (Å²) in [6.07, 6.45) is 0.465. The van der Waals surface area contributed by atoms with Crippen molar-refractivity contribution in [2.75, 3.05) is 11.9 Å². The zero-order chi connectivity index (χ0) is 13.5. The van der Waals surface area contributed by atoms with Gasteiger partial charge in [0, 0.05) is 21.0 Å². The van der Waals surface area contributed by atoms with Crippen molar-refractivity contribution in [2.45, 2.75) is 12.8 Å². The Morgan fingerprint density at radius 2 is 2.11 bits per heavy atom. The molecule has 0 saturated carbocycles. The first-order valence-corrected chi connectivity index (χ1v) is 7.08. The lowest BCUT2D eigenvalue weighted by atomic mass is 10.3. The lowest BCUT2D eigenvalue weighted by molar-refractivity contribution is -0.137. The second-order valence-electron chi connectivity index (χ2n) is 3.50. The Hall–Kier alpha value is -0.830. The molecule has 0 fully saturated rings. The fraction of sp³-hybridized carbons (Fsp3) is 0.273. The van der Waals surface area contributed by atoms with Gasteiger partial charge < -0.3 is 15.7 Å². The van der Waals surface area contributed by atoms with Gasteiger partial charge in [-0.3, -0.25) is 4.79 Å². The van der Waals surface area contributed by atoms with Crippen LogP contribution in [0.15, 0.2) is 22.7 Å². The molecule has 3 N–H and O–H groups in total. The van der Waals surface area contributed by atoms with Crippen LogP contribution in [-0.4, -0.2) is 23.7 Å². The number of carbonyl (C=O) groups is 2. The topological polar surface area (TPSA) is 78.4 Å². The highest BCUT2D eigenvalue weighted by molar-refractivity contribution is 14.1. The Labute approximate surface area is 127 Å². The molecular formula is C11H12BrIN2O3. The number of carboxylic acids is 1. The third kappa shape index (κ3) is 5.67. The number of hydrogen-bond donors (Lipinski definition) is 3. The van der Waals surface area contributed by atoms with E-state index in [0.29, 0.717) is 18.7 Å². The first-order chi connectivity index (χ1) is 8.49. The van der Waals surface area contributed by atoms with Crippen molar-refractivity contribution in [2.24, 2.45) is 0 Å². The van der Waals surface area contributed by atoms with Crippen molar-refractivity contribution in [3.05, 3.63) is 26.2 Å². The lowest BCUT2D eigenvalue weighted by Crippen LogP contribution is -2.30. The van der Waals surface area contributed by atoms with Crippen LogP contribution in [-0.2, 0) is 4.79 Å². The van der Waals surface area contributed by atoms with Crippen LogP contribution in [0.5, 0.6) is 0 Å². The molecule has 2 amide bonds. The van der Waals surface area contributed by atoms with Crippen molar-refractivity contribution in [1.29, 1.82) is 0 Å². The summed E-state index contributed by atoms with van der Waals surface area (Å²) in [5, 5.41) is 13.8. The highest BCUT2D eigenvalue weighted by Crippen LogP contribution is 2.22. The lowest BCUT2D eigenvalue weighted by Gasteiger charge is -2.09. The first kappa shape index (κ1) is 15.2. The summed E-state index contributed by atoms with van der Waals surface area (Å²) in [5.41, 5.74) is 0.709. The monoisotopic (exact) mass is 426 g/mol. The number of hydrogen-bond acceptors (Lipinski definition) is 2. The zero-order valence-electron chi connectivity index (χ0n) is 9.37. The summed E-state index contributed by atoms with van der Waals surface area (Å²) in [6.45, 7) is 0.336. The van der Waals surface area contributed by atoms with Gasteiger partial charge in [0.25, 0.3) is 0 Å². The van der Waals surface area contributed by atoms with E-state index in [2.05, 4.69) is 49.2 Å². The van der Waals surface area contributed by atoms with Gasteiger partial charge in [-0.25, -0.2) is 4.79 Å². The predicted octanol–water partition coefficient (Wildman–Crippen LogP) is 3.04. The maximum Gasteiger partial charge on any atom is 0.319 e. The molecule has 7 heteroatoms. The molecule has 0 heterocycles. The minimum absolute atomic E-state index is 0.0503. The minimum Gasteiger partial charge on any atom is -0.481 e. The molecule has 5 nitrogen and oxygen atoms in total. The highest BCUT2D eigenvalue weighted by atomic mass is 127. The number of aliphatic carboxylic acids is 1. The molecule has 0 atom stereocenters. The molecule has 1 aromatic rings. The van der Waals surface area contributed by atoms with Gasteiger partial charge in [0.05, 0.1) is 5.69 Å². The maximum atomic E-state index is 11.5. The molecule has 0 saturated heterocycles. The quantitative estimate of drug-likeness (QED) is 0.500. The fourth-order valence-corrected chi connectivity index (χ4v) is 2.03. The number of urea groups is 1. The molecule has 1 rings (SSSR count). The van der Waals surface area contributed by atoms with Gasteiger partial charge in [0.15, 0.2) is 0 Å². The molecule has 0 bridgehead atoms. The number of amides is 2. The minimum atomic E-state index is -0.862. The number of anilines is 1. The summed E-state index contributed by atoms with van der Waals surface area (Å²) in [6, 6.07) is 5.23. The SMILES string of the molecule is O=C(O)CCCNC(=O)Nc1cc(Br)ccc1I. The summed E-state index contributed by atoms with van der Waals surface area (Å²) in [7, 11) is 0. The average Bonchev–Trinajstić information content (AvgIpc) is 2.29. The van der Waals surface area contributed by atoms with Crippen LogP contribution in [0.2, 0.25) is 0 Å². The van der Waals surface area contributed by atoms with E-state index in [4.69, 9.17) is 5.11 Å². The summed E-state index contributed by atoms with van der Waals surface area (Å²) in [4.78, 5) is 21.8. The molecule has 0 unspecified atom stereocenters. The molecule has 1 aromatic carbocycles. The van der Waals surface area contributed by atoms with Crippen molar-refractivity contribution in [3.8, 4) is 0 Å². The van der Waals surface area contributed by atoms with E-state index in [9.17, 15) is 9.59 Å². The van der Waals surface area contributed by atoms with E-state index in [-0.39, 0.29) is 12.5 Å². The van der Waals surface area contributed by atoms with E-state index < -0.39 is 5.97 Å². The maximum absolute atomic E-state index is 11.5. The summed E-state index contributed by atoms with van der Waals surface area (Å²) >= 11 is 5.45. The molecular weight excluding hydrogens is 415 g/mol. The third-order valence-electron chi connectivity index (χ3n) is 2.03. The van der Waals surface area contributed by atoms with E-state index in [0.717, 1.165) is 8.04 Å². The standard InChI is InChI=1S/C11H12BrIN2O3/c12-7-3-4-8(13)9(6-7)15-11(18)14-5-1-2-10(16)17/h3-4,6H,1-2,5H2,(H,16,17)(H2,14,15,18). The van der Waals surface area contributed by atoms with Crippen LogP contribution in [0.25, 0.3) is 0 Å². The van der Waals surface area contributed by atoms with E-state index >= 15 is 0 Å². The molecule has 0 spiro atoms. The van der Waals surface area contributed by atoms with Gasteiger partial charge >= 0.3 is 12.0 Å². The Bertz CT molecular complexity index is 454. The van der Waals surface area contributed by atoms with Gasteiger partial charge in [0.2, 0.25) is 0 Å². The molecule has 0 aliphatic heterocycles. The van der Waals surface area contributed by atoms with Gasteiger partial charge in [-0.15, -0.1) is 0 Å². The van der Waals surface area contributed by atoms with Gasteiger partial charge in [-0.05, 0) is 47.2 Å². The smallest absolute Gasteiger partial charge is 0.319 e. The largest absolute Gasteiger partial charge is 0.481 e. The third-order valence-corrected chi connectivity index (χ3v) is 3.46. The van der Waals surface area contributed by atoms with Crippen LogP contribution in [0, 0.1) is 3.57 Å². The van der Waals surface area contributed by atoms with Gasteiger partial charge in [-0.1, -0.05) is 15.9 Å². The molecule has 0 aliphatic carbocycles. The Morgan fingerprint density at radius 3 is 2.78 bits per heavy atom. The van der Waals surface area contributed by atoms with Crippen LogP contribution in [0.3, 0.4) is 0 Å². The zero-order valence-corrected chi connectivity index (χ0v) is 13.1. The normalized spacial score (nSPS) is 9.89. The van der Waals surface area contributed by atoms with Crippen molar-refractivity contribution >= 4 is 56.2 Å².